The van der Waals surface area contributed by atoms with Gasteiger partial charge in [-0.2, -0.15) is 0 Å². The van der Waals surface area contributed by atoms with Crippen LogP contribution in [0.15, 0.2) is 35.6 Å². The van der Waals surface area contributed by atoms with E-state index in [1.807, 2.05) is 12.1 Å². The van der Waals surface area contributed by atoms with E-state index in [1.54, 1.807) is 18.7 Å². The highest BCUT2D eigenvalue weighted by molar-refractivity contribution is 6.09. The average Bonchev–Trinajstić information content (AvgIpc) is 2.92. The van der Waals surface area contributed by atoms with E-state index in [4.69, 9.17) is 0 Å². The number of aliphatic hydroxyl groups excluding tert-OH is 1. The van der Waals surface area contributed by atoms with Crippen LogP contribution >= 0.6 is 0 Å². The molecule has 1 unspecified atom stereocenters. The van der Waals surface area contributed by atoms with Crippen molar-refractivity contribution in [2.75, 3.05) is 26.2 Å². The lowest BCUT2D eigenvalue weighted by molar-refractivity contribution is -0.129. The van der Waals surface area contributed by atoms with Gasteiger partial charge >= 0.3 is 0 Å². The second kappa shape index (κ2) is 9.12. The minimum Gasteiger partial charge on any atom is -0.503 e. The number of carbonyl (C=O) groups excluding carboxylic acids is 2. The van der Waals surface area contributed by atoms with Crippen LogP contribution in [0.25, 0.3) is 0 Å². The van der Waals surface area contributed by atoms with Gasteiger partial charge < -0.3 is 14.9 Å². The Kier molecular flexibility index (Phi) is 7.28. The van der Waals surface area contributed by atoms with Gasteiger partial charge in [0.15, 0.2) is 11.5 Å². The van der Waals surface area contributed by atoms with Gasteiger partial charge in [-0.3, -0.25) is 9.59 Å². The van der Waals surface area contributed by atoms with Gasteiger partial charge in [-0.25, -0.2) is 0 Å². The van der Waals surface area contributed by atoms with E-state index in [0.29, 0.717) is 13.1 Å². The van der Waals surface area contributed by atoms with Crippen molar-refractivity contribution in [3.05, 3.63) is 46.7 Å². The van der Waals surface area contributed by atoms with Gasteiger partial charge in [0.1, 0.15) is 0 Å². The Morgan fingerprint density at radius 3 is 2.14 bits per heavy atom. The predicted octanol–water partition coefficient (Wildman–Crippen LogP) is 4.25. The fraction of sp³-hybridized carbons (Fsp3) is 0.583. The Labute approximate surface area is 175 Å². The molecule has 0 fully saturated rings. The fourth-order valence-corrected chi connectivity index (χ4v) is 3.75. The Bertz CT molecular complexity index is 768. The molecule has 0 aliphatic carbocycles. The summed E-state index contributed by atoms with van der Waals surface area (Å²) in [7, 11) is 0. The molecule has 1 N–H and O–H groups in total. The summed E-state index contributed by atoms with van der Waals surface area (Å²) < 4.78 is 0. The van der Waals surface area contributed by atoms with E-state index < -0.39 is 17.7 Å². The topological polar surface area (TPSA) is 60.9 Å². The number of hydrogen-bond acceptors (Lipinski definition) is 4. The zero-order valence-electron chi connectivity index (χ0n) is 19.0. The minimum absolute atomic E-state index is 0.0149. The van der Waals surface area contributed by atoms with Crippen molar-refractivity contribution in [2.45, 2.75) is 59.9 Å². The van der Waals surface area contributed by atoms with E-state index >= 15 is 0 Å². The van der Waals surface area contributed by atoms with E-state index in [0.717, 1.165) is 18.7 Å². The monoisotopic (exact) mass is 400 g/mol. The number of benzene rings is 1. The number of ketones is 1. The third-order valence-electron chi connectivity index (χ3n) is 5.74. The van der Waals surface area contributed by atoms with Crippen LogP contribution in [0.1, 0.15) is 65.6 Å². The maximum atomic E-state index is 12.9. The van der Waals surface area contributed by atoms with Crippen LogP contribution in [0.5, 0.6) is 0 Å². The Morgan fingerprint density at radius 1 is 1.14 bits per heavy atom. The van der Waals surface area contributed by atoms with Gasteiger partial charge in [0.2, 0.25) is 0 Å². The molecule has 5 heteroatoms. The summed E-state index contributed by atoms with van der Waals surface area (Å²) in [6.45, 7) is 17.2. The van der Waals surface area contributed by atoms with Crippen molar-refractivity contribution in [3.63, 3.8) is 0 Å². The molecule has 29 heavy (non-hydrogen) atoms. The summed E-state index contributed by atoms with van der Waals surface area (Å²) in [5.41, 5.74) is 2.29. The number of aliphatic hydroxyl groups is 1. The summed E-state index contributed by atoms with van der Waals surface area (Å²) in [5, 5.41) is 10.6. The summed E-state index contributed by atoms with van der Waals surface area (Å²) in [6, 6.07) is 7.52. The normalized spacial score (nSPS) is 17.8. The first-order valence-electron chi connectivity index (χ1n) is 10.6. The Morgan fingerprint density at radius 2 is 1.69 bits per heavy atom. The van der Waals surface area contributed by atoms with Gasteiger partial charge in [0.25, 0.3) is 5.91 Å². The molecule has 1 atom stereocenters. The van der Waals surface area contributed by atoms with Crippen LogP contribution in [0.4, 0.5) is 0 Å². The first-order chi connectivity index (χ1) is 13.5. The second-order valence-electron chi connectivity index (χ2n) is 9.08. The highest BCUT2D eigenvalue weighted by atomic mass is 16.3. The van der Waals surface area contributed by atoms with Gasteiger partial charge in [0, 0.05) is 19.0 Å². The van der Waals surface area contributed by atoms with Crippen molar-refractivity contribution in [2.24, 2.45) is 5.92 Å². The van der Waals surface area contributed by atoms with Crippen LogP contribution in [0, 0.1) is 5.92 Å². The number of nitrogens with zero attached hydrogens (tertiary/aromatic N) is 2. The van der Waals surface area contributed by atoms with Crippen LogP contribution in [-0.2, 0) is 15.0 Å². The van der Waals surface area contributed by atoms with Crippen molar-refractivity contribution in [1.82, 2.24) is 9.80 Å². The zero-order chi connectivity index (χ0) is 21.9. The van der Waals surface area contributed by atoms with Gasteiger partial charge in [-0.15, -0.1) is 0 Å². The average molecular weight is 401 g/mol. The molecule has 1 amide bonds. The molecule has 2 rings (SSSR count). The summed E-state index contributed by atoms with van der Waals surface area (Å²) in [6.07, 6.45) is 0. The SMILES string of the molecule is CCN(CC)CCN1C(=O)C(O)=C(C(=O)C(C)C)C1c1ccc(C(C)(C)C)cc1. The molecule has 1 heterocycles. The predicted molar refractivity (Wildman–Crippen MR) is 117 cm³/mol. The van der Waals surface area contributed by atoms with Crippen LogP contribution in [0.2, 0.25) is 0 Å². The molecule has 0 radical (unpaired) electrons. The molecule has 1 aromatic rings. The minimum atomic E-state index is -0.540. The highest BCUT2D eigenvalue weighted by Gasteiger charge is 2.43. The lowest BCUT2D eigenvalue weighted by Gasteiger charge is -2.30. The van der Waals surface area contributed by atoms with E-state index in [9.17, 15) is 14.7 Å². The molecule has 1 aromatic carbocycles. The lowest BCUT2D eigenvalue weighted by Crippen LogP contribution is -2.38. The van der Waals surface area contributed by atoms with Gasteiger partial charge in [-0.1, -0.05) is 72.7 Å². The standard InChI is InChI=1S/C24H36N2O3/c1-8-25(9-2)14-15-26-20(17-10-12-18(13-11-17)24(5,6)7)19(21(27)16(3)4)22(28)23(26)29/h10-13,16,20,28H,8-9,14-15H2,1-7H3. The van der Waals surface area contributed by atoms with Crippen LogP contribution in [0.3, 0.4) is 0 Å². The van der Waals surface area contributed by atoms with Crippen molar-refractivity contribution in [3.8, 4) is 0 Å². The maximum absolute atomic E-state index is 12.9. The zero-order valence-corrected chi connectivity index (χ0v) is 19.0. The molecular weight excluding hydrogens is 364 g/mol. The third-order valence-corrected chi connectivity index (χ3v) is 5.74. The molecule has 5 nitrogen and oxygen atoms in total. The van der Waals surface area contributed by atoms with Crippen molar-refractivity contribution >= 4 is 11.7 Å². The second-order valence-corrected chi connectivity index (χ2v) is 9.08. The number of hydrogen-bond donors (Lipinski definition) is 1. The van der Waals surface area contributed by atoms with Crippen LogP contribution in [-0.4, -0.2) is 52.8 Å². The quantitative estimate of drug-likeness (QED) is 0.709. The number of Topliss-reactive ketones (excluding diaryl/α,β-unsaturated/α-hetero) is 1. The van der Waals surface area contributed by atoms with Gasteiger partial charge in [0.05, 0.1) is 11.6 Å². The Balaban J connectivity index is 2.46. The lowest BCUT2D eigenvalue weighted by atomic mass is 9.85. The largest absolute Gasteiger partial charge is 0.503 e. The smallest absolute Gasteiger partial charge is 0.290 e. The first kappa shape index (κ1) is 23.1. The van der Waals surface area contributed by atoms with Gasteiger partial charge in [-0.05, 0) is 29.6 Å². The summed E-state index contributed by atoms with van der Waals surface area (Å²) in [5.74, 6) is -1.32. The molecule has 0 saturated heterocycles. The Hall–Kier alpha value is -2.14. The molecule has 0 aromatic heterocycles. The van der Waals surface area contributed by atoms with E-state index in [-0.39, 0.29) is 22.7 Å². The highest BCUT2D eigenvalue weighted by Crippen LogP contribution is 2.39. The fourth-order valence-electron chi connectivity index (χ4n) is 3.75. The molecule has 1 aliphatic rings. The van der Waals surface area contributed by atoms with Crippen molar-refractivity contribution in [1.29, 1.82) is 0 Å². The first-order valence-corrected chi connectivity index (χ1v) is 10.6. The summed E-state index contributed by atoms with van der Waals surface area (Å²) >= 11 is 0. The molecule has 0 saturated carbocycles. The maximum Gasteiger partial charge on any atom is 0.290 e. The number of rotatable bonds is 8. The number of amides is 1. The van der Waals surface area contributed by atoms with Crippen molar-refractivity contribution < 1.29 is 14.7 Å². The third kappa shape index (κ3) is 4.89. The number of carbonyl (C=O) groups is 2. The number of likely N-dealkylation sites (N-methyl/N-ethyl adjacent to an activating group) is 1. The molecule has 0 bridgehead atoms. The molecule has 160 valence electrons. The van der Waals surface area contributed by atoms with E-state index in [2.05, 4.69) is 51.7 Å². The van der Waals surface area contributed by atoms with Crippen LogP contribution < -0.4 is 0 Å². The molecule has 1 aliphatic heterocycles. The van der Waals surface area contributed by atoms with E-state index in [1.165, 1.54) is 5.56 Å². The molecule has 0 spiro atoms. The molecular formula is C24H36N2O3. The summed E-state index contributed by atoms with van der Waals surface area (Å²) in [4.78, 5) is 29.7.